The number of Topliss-reactive ketones (excluding diaryl/α,β-unsaturated/α-hetero) is 1. The van der Waals surface area contributed by atoms with Gasteiger partial charge in [-0.1, -0.05) is 37.3 Å². The molecule has 2 aromatic carbocycles. The van der Waals surface area contributed by atoms with Crippen LogP contribution in [0.1, 0.15) is 131 Å². The molecule has 5 aliphatic heterocycles. The van der Waals surface area contributed by atoms with Gasteiger partial charge in [-0.15, -0.1) is 0 Å². The van der Waals surface area contributed by atoms with E-state index in [2.05, 4.69) is 20.9 Å². The number of hydrogen-bond donors (Lipinski definition) is 4. The molecule has 2 aromatic rings. The molecule has 6 atom stereocenters. The van der Waals surface area contributed by atoms with Crippen LogP contribution in [0.25, 0.3) is 0 Å². The van der Waals surface area contributed by atoms with Crippen LogP contribution in [0.2, 0.25) is 0 Å². The first-order chi connectivity index (χ1) is 50.9. The summed E-state index contributed by atoms with van der Waals surface area (Å²) in [7, 11) is 4.50. The summed E-state index contributed by atoms with van der Waals surface area (Å²) in [6.07, 6.45) is 20.4. The number of unbranched alkanes of at least 4 members (excludes halogenated alkanes) is 1. The number of aliphatic hydroxyl groups excluding tert-OH is 1. The van der Waals surface area contributed by atoms with Crippen LogP contribution in [0, 0.1) is 5.41 Å². The molecule has 1 aliphatic carbocycles. The van der Waals surface area contributed by atoms with Crippen LogP contribution in [0.4, 0.5) is 16.2 Å². The standard InChI is InChI=1S/C76H102N8O21/c1-7-15-52-43-54-49-79-59-47-65(63(96-5)45-56(59)71(90)82(54)50-52)103-31-14-32-104-66-48-60-57(46-64(66)97-6)72(91)83-51-53(16-8-2)44-61(83)73(92)84(60)75(94)105-55-17-9-11-25-76(3,26-22-55)74(93)78-27-12-10-18-58(62(85)19-13-30-98-36-35-95-4)80-68(87)24-33-99-37-39-101-41-42-102-40-38-100-34-28-77-67(86)23-29-81-69(88)20-21-70(81)89/h7-9,15-17,20-21,45-51,54-55,58,61,73,92H,10-14,18-19,22-44H2,1-6H3,(H,77,86)(H,78,93)(H,80,87)/b15-7+,16-8+,17-9+/t54-,55-,58?,61-,73-,76+/m0/s1. The predicted octanol–water partition coefficient (Wildman–Crippen LogP) is 7.07. The third-order valence-electron chi connectivity index (χ3n) is 18.4. The summed E-state index contributed by atoms with van der Waals surface area (Å²) in [4.78, 5) is 129. The van der Waals surface area contributed by atoms with E-state index in [1.54, 1.807) is 42.6 Å². The van der Waals surface area contributed by atoms with Crippen molar-refractivity contribution in [3.05, 3.63) is 108 Å². The quantitative estimate of drug-likeness (QED) is 0.0293. The topological polar surface area (TPSA) is 337 Å². The lowest BCUT2D eigenvalue weighted by atomic mass is 9.78. The Morgan fingerprint density at radius 2 is 1.28 bits per heavy atom. The number of nitrogens with zero attached hydrogens (tertiary/aromatic N) is 5. The Morgan fingerprint density at radius 1 is 0.648 bits per heavy atom. The Bertz CT molecular complexity index is 3550. The average molecular weight is 1460 g/mol. The number of imide groups is 1. The number of nitrogens with one attached hydrogen (secondary N) is 3. The van der Waals surface area contributed by atoms with Crippen molar-refractivity contribution in [2.24, 2.45) is 10.4 Å². The Labute approximate surface area is 613 Å². The van der Waals surface area contributed by atoms with Crippen LogP contribution in [0.5, 0.6) is 23.0 Å². The highest BCUT2D eigenvalue weighted by Gasteiger charge is 2.46. The van der Waals surface area contributed by atoms with E-state index in [1.807, 2.05) is 57.4 Å². The fourth-order valence-corrected chi connectivity index (χ4v) is 12.7. The van der Waals surface area contributed by atoms with E-state index in [-0.39, 0.29) is 143 Å². The van der Waals surface area contributed by atoms with Gasteiger partial charge in [0.05, 0.1) is 134 Å². The number of aliphatic imine (C=N–C) groups is 1. The van der Waals surface area contributed by atoms with Crippen molar-refractivity contribution in [3.8, 4) is 23.0 Å². The monoisotopic (exact) mass is 1460 g/mol. The molecule has 6 aliphatic rings. The Morgan fingerprint density at radius 3 is 1.96 bits per heavy atom. The fourth-order valence-electron chi connectivity index (χ4n) is 12.7. The third kappa shape index (κ3) is 23.7. The number of ether oxygens (including phenoxy) is 11. The molecular formula is C76H102N8O21. The second-order valence-corrected chi connectivity index (χ2v) is 26.0. The molecular weight excluding hydrogens is 1360 g/mol. The fraction of sp³-hybridized carbons (Fsp3) is 0.553. The molecule has 5 heterocycles. The number of carbonyl (C=O) groups excluding carboxylic acids is 9. The third-order valence-corrected chi connectivity index (χ3v) is 18.4. The number of amides is 8. The molecule has 0 bridgehead atoms. The second-order valence-electron chi connectivity index (χ2n) is 26.0. The van der Waals surface area contributed by atoms with Gasteiger partial charge in [-0.3, -0.25) is 48.2 Å². The van der Waals surface area contributed by atoms with Gasteiger partial charge < -0.3 is 83.0 Å². The SMILES string of the molecule is C/C=C/C1=CN2C(=O)c3cc(OC)c(OCCCOc4cc5c(cc4OC)C(=O)N4C=C(/C=C/C)C[C@H]4[C@H](O)N5C(=O)O[C@H]4/C=C/CC[C@@](C)(C(=O)NCCCCC(NC(=O)CCOCCOCCOCCOCCNC(=O)CCN5C(=O)C=CC5=O)C(=O)CCCOCCOC)CC4)cc3N=C[C@@H]2C1. The predicted molar refractivity (Wildman–Crippen MR) is 386 cm³/mol. The summed E-state index contributed by atoms with van der Waals surface area (Å²) in [5.41, 5.74) is 1.85. The van der Waals surface area contributed by atoms with Gasteiger partial charge in [0.25, 0.3) is 23.6 Å². The number of allylic oxidation sites excluding steroid dienone is 5. The zero-order valence-electron chi connectivity index (χ0n) is 61.1. The van der Waals surface area contributed by atoms with E-state index in [0.29, 0.717) is 133 Å². The van der Waals surface area contributed by atoms with Crippen molar-refractivity contribution in [3.63, 3.8) is 0 Å². The molecule has 0 radical (unpaired) electrons. The molecule has 0 aromatic heterocycles. The van der Waals surface area contributed by atoms with E-state index in [0.717, 1.165) is 20.9 Å². The Balaban J connectivity index is 0.779. The van der Waals surface area contributed by atoms with Crippen LogP contribution in [-0.2, 0) is 61.9 Å². The summed E-state index contributed by atoms with van der Waals surface area (Å²) < 4.78 is 63.0. The first-order valence-electron chi connectivity index (χ1n) is 36.1. The molecule has 572 valence electrons. The maximum absolute atomic E-state index is 14.8. The van der Waals surface area contributed by atoms with Gasteiger partial charge in [-0.25, -0.2) is 9.69 Å². The first-order valence-corrected chi connectivity index (χ1v) is 36.1. The van der Waals surface area contributed by atoms with Gasteiger partial charge >= 0.3 is 6.09 Å². The highest BCUT2D eigenvalue weighted by Crippen LogP contribution is 2.44. The van der Waals surface area contributed by atoms with Crippen molar-refractivity contribution in [1.29, 1.82) is 0 Å². The molecule has 29 nitrogen and oxygen atoms in total. The maximum atomic E-state index is 14.8. The van der Waals surface area contributed by atoms with Gasteiger partial charge in [0.2, 0.25) is 17.7 Å². The minimum absolute atomic E-state index is 0.000367. The first kappa shape index (κ1) is 81.6. The normalized spacial score (nSPS) is 20.3. The molecule has 4 N–H and O–H groups in total. The van der Waals surface area contributed by atoms with E-state index < -0.39 is 53.6 Å². The van der Waals surface area contributed by atoms with Gasteiger partial charge in [0.15, 0.2) is 35.0 Å². The van der Waals surface area contributed by atoms with Crippen LogP contribution >= 0.6 is 0 Å². The summed E-state index contributed by atoms with van der Waals surface area (Å²) in [5.74, 6) is -1.40. The number of methoxy groups -OCH3 is 3. The largest absolute Gasteiger partial charge is 0.493 e. The van der Waals surface area contributed by atoms with Crippen LogP contribution in [-0.4, -0.2) is 237 Å². The van der Waals surface area contributed by atoms with E-state index >= 15 is 0 Å². The average Bonchev–Trinajstić information content (AvgIpc) is 1.63. The Kier molecular flexibility index (Phi) is 32.7. The summed E-state index contributed by atoms with van der Waals surface area (Å²) in [5, 5.41) is 21.0. The zero-order chi connectivity index (χ0) is 75.1. The van der Waals surface area contributed by atoms with Gasteiger partial charge in [0, 0.05) is 107 Å². The highest BCUT2D eigenvalue weighted by atomic mass is 16.6. The molecule has 0 spiro atoms. The smallest absolute Gasteiger partial charge is 0.417 e. The molecule has 29 heteroatoms. The molecule has 8 amide bonds. The van der Waals surface area contributed by atoms with Crippen molar-refractivity contribution in [2.45, 2.75) is 141 Å². The minimum Gasteiger partial charge on any atom is -0.493 e. The molecule has 0 saturated heterocycles. The highest BCUT2D eigenvalue weighted by molar-refractivity contribution is 6.13. The molecule has 105 heavy (non-hydrogen) atoms. The maximum Gasteiger partial charge on any atom is 0.417 e. The molecule has 1 unspecified atom stereocenters. The van der Waals surface area contributed by atoms with Crippen molar-refractivity contribution < 1.29 is 100 Å². The van der Waals surface area contributed by atoms with E-state index in [4.69, 9.17) is 52.1 Å². The van der Waals surface area contributed by atoms with Crippen molar-refractivity contribution in [1.82, 2.24) is 30.7 Å². The lowest BCUT2D eigenvalue weighted by Gasteiger charge is -2.34. The number of aliphatic hydroxyl groups is 1. The number of ketones is 1. The molecule has 0 saturated carbocycles. The lowest BCUT2D eigenvalue weighted by Crippen LogP contribution is -2.51. The number of anilines is 1. The van der Waals surface area contributed by atoms with Crippen LogP contribution in [0.3, 0.4) is 0 Å². The zero-order valence-corrected chi connectivity index (χ0v) is 61.1. The second kappa shape index (κ2) is 42.1. The minimum atomic E-state index is -1.58. The summed E-state index contributed by atoms with van der Waals surface area (Å²) in [6.45, 7) is 9.73. The van der Waals surface area contributed by atoms with Gasteiger partial charge in [0.1, 0.15) is 6.10 Å². The number of fused-ring (bicyclic) bond motifs is 4. The number of benzene rings is 2. The Hall–Kier alpha value is -9.10. The van der Waals surface area contributed by atoms with Crippen LogP contribution < -0.4 is 39.8 Å². The molecule has 0 fully saturated rings. The number of carbonyl (C=O) groups is 9. The number of rotatable bonds is 44. The van der Waals surface area contributed by atoms with Crippen molar-refractivity contribution in [2.75, 3.05) is 132 Å². The number of hydrogen-bond acceptors (Lipinski definition) is 22. The molecule has 8 rings (SSSR count). The summed E-state index contributed by atoms with van der Waals surface area (Å²) in [6, 6.07) is 4.42. The van der Waals surface area contributed by atoms with Crippen LogP contribution in [0.15, 0.2) is 101 Å². The van der Waals surface area contributed by atoms with Crippen molar-refractivity contribution >= 4 is 70.8 Å². The van der Waals surface area contributed by atoms with E-state index in [9.17, 15) is 48.3 Å². The van der Waals surface area contributed by atoms with E-state index in [1.165, 1.54) is 43.4 Å². The van der Waals surface area contributed by atoms with Gasteiger partial charge in [-0.05, 0) is 107 Å². The lowest BCUT2D eigenvalue weighted by molar-refractivity contribution is -0.137. The van der Waals surface area contributed by atoms with Gasteiger partial charge in [-0.2, -0.15) is 0 Å². The summed E-state index contributed by atoms with van der Waals surface area (Å²) >= 11 is 0.